The number of H-pyrrole nitrogens is 1. The number of benzene rings is 2. The monoisotopic (exact) mass is 380 g/mol. The number of rotatable bonds is 0. The molecule has 5 heteroatoms. The number of ether oxygens (including phenoxy) is 1. The van der Waals surface area contributed by atoms with E-state index in [4.69, 9.17) is 4.74 Å². The van der Waals surface area contributed by atoms with Crippen LogP contribution in [0, 0.1) is 5.92 Å². The fourth-order valence-corrected chi connectivity index (χ4v) is 6.53. The van der Waals surface area contributed by atoms with Crippen LogP contribution in [0.5, 0.6) is 11.5 Å². The Morgan fingerprint density at radius 3 is 2.93 bits per heavy atom. The van der Waals surface area contributed by atoms with Crippen LogP contribution in [0.25, 0.3) is 10.9 Å². The molecule has 1 fully saturated rings. The highest BCUT2D eigenvalue weighted by Crippen LogP contribution is 2.66. The quantitative estimate of drug-likeness (QED) is 0.556. The topological polar surface area (TPSA) is 57.3 Å². The van der Waals surface area contributed by atoms with Crippen LogP contribution in [0.2, 0.25) is 0 Å². The molecule has 3 aromatic rings. The molecular weight excluding hydrogens is 360 g/mol. The molecule has 7 rings (SSSR count). The van der Waals surface area contributed by atoms with Crippen molar-refractivity contribution in [2.75, 3.05) is 6.54 Å². The van der Waals surface area contributed by atoms with E-state index in [0.717, 1.165) is 31.6 Å². The van der Waals surface area contributed by atoms with Crippen LogP contribution in [-0.4, -0.2) is 22.7 Å². The summed E-state index contributed by atoms with van der Waals surface area (Å²) in [7, 11) is 0. The maximum absolute atomic E-state index is 10.5. The lowest BCUT2D eigenvalue weighted by molar-refractivity contribution is 0.0261. The van der Waals surface area contributed by atoms with E-state index in [2.05, 4.69) is 40.6 Å². The first-order valence-electron chi connectivity index (χ1n) is 9.62. The fourth-order valence-electron chi connectivity index (χ4n) is 6.53. The molecule has 2 aromatic carbocycles. The molecule has 27 heavy (non-hydrogen) atoms. The Bertz CT molecular complexity index is 1110. The van der Waals surface area contributed by atoms with Gasteiger partial charge in [-0.05, 0) is 55.0 Å². The van der Waals surface area contributed by atoms with Crippen LogP contribution in [0.1, 0.15) is 34.9 Å². The van der Waals surface area contributed by atoms with Gasteiger partial charge in [-0.3, -0.25) is 0 Å². The predicted octanol–water partition coefficient (Wildman–Crippen LogP) is 3.76. The van der Waals surface area contributed by atoms with Gasteiger partial charge in [-0.15, -0.1) is 12.4 Å². The van der Waals surface area contributed by atoms with Gasteiger partial charge in [0.2, 0.25) is 0 Å². The highest BCUT2D eigenvalue weighted by atomic mass is 35.5. The summed E-state index contributed by atoms with van der Waals surface area (Å²) in [6, 6.07) is 13.0. The Labute approximate surface area is 163 Å². The van der Waals surface area contributed by atoms with E-state index in [0.29, 0.717) is 17.7 Å². The number of aromatic hydroxyl groups is 1. The zero-order valence-corrected chi connectivity index (χ0v) is 15.6. The van der Waals surface area contributed by atoms with Gasteiger partial charge < -0.3 is 20.1 Å². The van der Waals surface area contributed by atoms with Crippen molar-refractivity contribution >= 4 is 23.3 Å². The molecule has 2 aliphatic carbocycles. The minimum absolute atomic E-state index is 0. The SMILES string of the molecule is Cl.Oc1ccc2c3c1O[C@H]1c4[nH]c5ccccc5c4C[C@H]4[C@@H](C2)NCC[C@]314. The van der Waals surface area contributed by atoms with Gasteiger partial charge in [0, 0.05) is 27.9 Å². The maximum Gasteiger partial charge on any atom is 0.166 e. The number of para-hydroxylation sites is 1. The summed E-state index contributed by atoms with van der Waals surface area (Å²) in [5.74, 6) is 1.55. The van der Waals surface area contributed by atoms with Gasteiger partial charge in [-0.25, -0.2) is 0 Å². The number of hydrogen-bond donors (Lipinski definition) is 3. The van der Waals surface area contributed by atoms with Crippen molar-refractivity contribution in [1.29, 1.82) is 0 Å². The first-order valence-corrected chi connectivity index (χ1v) is 9.62. The zero-order chi connectivity index (χ0) is 17.0. The van der Waals surface area contributed by atoms with Crippen LogP contribution >= 0.6 is 12.4 Å². The Balaban J connectivity index is 0.00000146. The molecule has 0 amide bonds. The number of phenolic OH excluding ortho intramolecular Hbond substituents is 1. The zero-order valence-electron chi connectivity index (χ0n) is 14.8. The smallest absolute Gasteiger partial charge is 0.166 e. The summed E-state index contributed by atoms with van der Waals surface area (Å²) in [5, 5.41) is 15.7. The molecule has 4 aliphatic rings. The number of aromatic amines is 1. The highest BCUT2D eigenvalue weighted by molar-refractivity contribution is 5.86. The number of hydrogen-bond acceptors (Lipinski definition) is 3. The molecule has 3 N–H and O–H groups in total. The third-order valence-corrected chi connectivity index (χ3v) is 7.46. The fraction of sp³-hybridized carbons (Fsp3) is 0.364. The van der Waals surface area contributed by atoms with Gasteiger partial charge in [0.15, 0.2) is 11.5 Å². The Morgan fingerprint density at radius 2 is 2.00 bits per heavy atom. The predicted molar refractivity (Wildman–Crippen MR) is 106 cm³/mol. The third-order valence-electron chi connectivity index (χ3n) is 7.46. The second kappa shape index (κ2) is 5.00. The van der Waals surface area contributed by atoms with E-state index < -0.39 is 0 Å². The summed E-state index contributed by atoms with van der Waals surface area (Å²) >= 11 is 0. The summed E-state index contributed by atoms with van der Waals surface area (Å²) in [6.45, 7) is 1.02. The molecule has 3 heterocycles. The molecule has 4 nitrogen and oxygen atoms in total. The summed E-state index contributed by atoms with van der Waals surface area (Å²) in [6.07, 6.45) is 3.15. The number of piperidine rings is 1. The van der Waals surface area contributed by atoms with Crippen molar-refractivity contribution in [2.45, 2.75) is 36.8 Å². The molecule has 2 aliphatic heterocycles. The summed E-state index contributed by atoms with van der Waals surface area (Å²) in [4.78, 5) is 3.68. The summed E-state index contributed by atoms with van der Waals surface area (Å²) in [5.41, 5.74) is 6.48. The number of nitrogens with one attached hydrogen (secondary N) is 2. The summed E-state index contributed by atoms with van der Waals surface area (Å²) < 4.78 is 6.56. The lowest BCUT2D eigenvalue weighted by atomic mass is 9.52. The van der Waals surface area contributed by atoms with Crippen LogP contribution < -0.4 is 10.1 Å². The number of phenols is 1. The number of halogens is 1. The average Bonchev–Trinajstić information content (AvgIpc) is 3.18. The second-order valence-corrected chi connectivity index (χ2v) is 8.37. The van der Waals surface area contributed by atoms with E-state index in [-0.39, 0.29) is 23.9 Å². The van der Waals surface area contributed by atoms with Gasteiger partial charge in [-0.1, -0.05) is 24.3 Å². The van der Waals surface area contributed by atoms with Gasteiger partial charge in [0.25, 0.3) is 0 Å². The lowest BCUT2D eigenvalue weighted by Gasteiger charge is -2.54. The third kappa shape index (κ3) is 1.66. The molecular formula is C22H21ClN2O2. The molecule has 0 radical (unpaired) electrons. The Hall–Kier alpha value is -2.17. The maximum atomic E-state index is 10.5. The van der Waals surface area contributed by atoms with E-state index >= 15 is 0 Å². The van der Waals surface area contributed by atoms with Gasteiger partial charge >= 0.3 is 0 Å². The molecule has 0 saturated carbocycles. The van der Waals surface area contributed by atoms with Crippen LogP contribution in [0.15, 0.2) is 36.4 Å². The van der Waals surface area contributed by atoms with Crippen molar-refractivity contribution in [2.24, 2.45) is 5.92 Å². The Kier molecular flexibility index (Phi) is 2.94. The normalized spacial score (nSPS) is 31.6. The molecule has 2 bridgehead atoms. The van der Waals surface area contributed by atoms with Crippen molar-refractivity contribution in [3.05, 3.63) is 58.8 Å². The van der Waals surface area contributed by atoms with Crippen molar-refractivity contribution in [1.82, 2.24) is 10.3 Å². The number of fused-ring (bicyclic) bond motifs is 4. The minimum Gasteiger partial charge on any atom is -0.504 e. The molecule has 1 aromatic heterocycles. The first kappa shape index (κ1) is 15.8. The molecule has 1 saturated heterocycles. The number of aromatic nitrogens is 1. The van der Waals surface area contributed by atoms with E-state index in [1.54, 1.807) is 0 Å². The lowest BCUT2D eigenvalue weighted by Crippen LogP contribution is -2.61. The molecule has 0 unspecified atom stereocenters. The minimum atomic E-state index is -0.0180. The molecule has 4 atom stereocenters. The second-order valence-electron chi connectivity index (χ2n) is 8.37. The van der Waals surface area contributed by atoms with E-state index in [1.165, 1.54) is 33.3 Å². The largest absolute Gasteiger partial charge is 0.504 e. The average molecular weight is 381 g/mol. The van der Waals surface area contributed by atoms with E-state index in [1.807, 2.05) is 6.07 Å². The van der Waals surface area contributed by atoms with Crippen LogP contribution in [0.3, 0.4) is 0 Å². The van der Waals surface area contributed by atoms with Crippen LogP contribution in [-0.2, 0) is 18.3 Å². The molecule has 138 valence electrons. The van der Waals surface area contributed by atoms with Gasteiger partial charge in [-0.2, -0.15) is 0 Å². The van der Waals surface area contributed by atoms with Crippen molar-refractivity contribution < 1.29 is 9.84 Å². The van der Waals surface area contributed by atoms with Crippen LogP contribution in [0.4, 0.5) is 0 Å². The first-order chi connectivity index (χ1) is 12.8. The van der Waals surface area contributed by atoms with Gasteiger partial charge in [0.1, 0.15) is 6.10 Å². The van der Waals surface area contributed by atoms with Crippen molar-refractivity contribution in [3.8, 4) is 11.5 Å². The van der Waals surface area contributed by atoms with Crippen molar-refractivity contribution in [3.63, 3.8) is 0 Å². The molecule has 1 spiro atoms. The standard InChI is InChI=1S/C22H20N2O2.ClH/c25-17-6-5-11-9-16-14-10-13-12-3-1-2-4-15(12)24-19(13)21-22(14,7-8-23-16)18(11)20(17)26-21;/h1-6,14,16,21,23-25H,7-10H2;1H/t14-,16+,21-,22-;/m0./s1. The van der Waals surface area contributed by atoms with Gasteiger partial charge in [0.05, 0.1) is 5.69 Å². The van der Waals surface area contributed by atoms with E-state index in [9.17, 15) is 5.11 Å². The highest BCUT2D eigenvalue weighted by Gasteiger charge is 2.64. The Morgan fingerprint density at radius 1 is 1.11 bits per heavy atom.